The fourth-order valence-electron chi connectivity index (χ4n) is 3.32. The van der Waals surface area contributed by atoms with E-state index in [1.54, 1.807) is 0 Å². The van der Waals surface area contributed by atoms with Gasteiger partial charge in [-0.2, -0.15) is 0 Å². The van der Waals surface area contributed by atoms with Gasteiger partial charge in [-0.1, -0.05) is 59.7 Å². The zero-order chi connectivity index (χ0) is 16.0. The highest BCUT2D eigenvalue weighted by atomic mass is 15.0. The van der Waals surface area contributed by atoms with Crippen LogP contribution >= 0.6 is 0 Å². The summed E-state index contributed by atoms with van der Waals surface area (Å²) in [5.74, 6) is 0. The van der Waals surface area contributed by atoms with Gasteiger partial charge in [-0.05, 0) is 42.7 Å². The normalized spacial score (nSPS) is 14.7. The minimum Gasteiger partial charge on any atom is -0.341 e. The van der Waals surface area contributed by atoms with E-state index in [0.29, 0.717) is 11.5 Å². The highest BCUT2D eigenvalue weighted by molar-refractivity contribution is 5.85. The fourth-order valence-corrected chi connectivity index (χ4v) is 3.32. The number of hydrogen-bond acceptors (Lipinski definition) is 0. The number of fused-ring (bicyclic) bond motifs is 1. The SMILES string of the molecule is Cc1c(C)n(C(CC(C)(C)C)C(C)(C)C)c2ccccc12. The first-order chi connectivity index (χ1) is 9.52. The van der Waals surface area contributed by atoms with Crippen LogP contribution in [0.1, 0.15) is 65.3 Å². The summed E-state index contributed by atoms with van der Waals surface area (Å²) in [5.41, 5.74) is 4.79. The number of benzene rings is 1. The Balaban J connectivity index is 2.68. The number of para-hydroxylation sites is 1. The van der Waals surface area contributed by atoms with Gasteiger partial charge in [-0.25, -0.2) is 0 Å². The van der Waals surface area contributed by atoms with Crippen LogP contribution in [0.3, 0.4) is 0 Å². The molecule has 0 aliphatic rings. The van der Waals surface area contributed by atoms with Crippen molar-refractivity contribution in [2.45, 2.75) is 67.9 Å². The zero-order valence-corrected chi connectivity index (χ0v) is 15.0. The number of rotatable bonds is 2. The molecule has 1 heteroatoms. The van der Waals surface area contributed by atoms with E-state index in [4.69, 9.17) is 0 Å². The largest absolute Gasteiger partial charge is 0.341 e. The van der Waals surface area contributed by atoms with Crippen molar-refractivity contribution in [1.82, 2.24) is 4.57 Å². The number of aromatic nitrogens is 1. The second kappa shape index (κ2) is 5.19. The maximum absolute atomic E-state index is 2.59. The first-order valence-electron chi connectivity index (χ1n) is 8.08. The minimum absolute atomic E-state index is 0.242. The molecule has 2 aromatic rings. The van der Waals surface area contributed by atoms with Crippen molar-refractivity contribution in [2.24, 2.45) is 10.8 Å². The molecular formula is C20H31N. The summed E-state index contributed by atoms with van der Waals surface area (Å²) in [7, 11) is 0. The third-order valence-electron chi connectivity index (χ3n) is 4.59. The van der Waals surface area contributed by atoms with Gasteiger partial charge in [0.2, 0.25) is 0 Å². The summed E-state index contributed by atoms with van der Waals surface area (Å²) in [6.07, 6.45) is 1.19. The van der Waals surface area contributed by atoms with Crippen LogP contribution in [0.15, 0.2) is 24.3 Å². The Kier molecular flexibility index (Phi) is 3.99. The molecule has 2 rings (SSSR count). The molecule has 21 heavy (non-hydrogen) atoms. The van der Waals surface area contributed by atoms with Crippen LogP contribution in [0.2, 0.25) is 0 Å². The molecule has 0 amide bonds. The number of aryl methyl sites for hydroxylation is 1. The third-order valence-corrected chi connectivity index (χ3v) is 4.59. The van der Waals surface area contributed by atoms with Crippen molar-refractivity contribution in [1.29, 1.82) is 0 Å². The highest BCUT2D eigenvalue weighted by Crippen LogP contribution is 2.43. The van der Waals surface area contributed by atoms with Gasteiger partial charge in [0, 0.05) is 22.6 Å². The predicted octanol–water partition coefficient (Wildman–Crippen LogP) is 6.28. The maximum Gasteiger partial charge on any atom is 0.0487 e. The topological polar surface area (TPSA) is 4.93 Å². The molecule has 0 fully saturated rings. The molecule has 0 aliphatic carbocycles. The Morgan fingerprint density at radius 2 is 1.52 bits per heavy atom. The smallest absolute Gasteiger partial charge is 0.0487 e. The van der Waals surface area contributed by atoms with E-state index in [-0.39, 0.29) is 5.41 Å². The van der Waals surface area contributed by atoms with Crippen LogP contribution in [0.25, 0.3) is 10.9 Å². The average Bonchev–Trinajstić information content (AvgIpc) is 2.58. The molecule has 0 aliphatic heterocycles. The van der Waals surface area contributed by atoms with Gasteiger partial charge in [0.1, 0.15) is 0 Å². The molecule has 1 aromatic carbocycles. The molecule has 0 radical (unpaired) electrons. The Labute approximate surface area is 130 Å². The van der Waals surface area contributed by atoms with Crippen molar-refractivity contribution in [3.8, 4) is 0 Å². The van der Waals surface area contributed by atoms with Crippen molar-refractivity contribution in [2.75, 3.05) is 0 Å². The van der Waals surface area contributed by atoms with E-state index in [1.165, 1.54) is 28.6 Å². The molecule has 0 saturated carbocycles. The van der Waals surface area contributed by atoms with Crippen LogP contribution in [0.4, 0.5) is 0 Å². The maximum atomic E-state index is 2.59. The molecule has 1 aromatic heterocycles. The van der Waals surface area contributed by atoms with E-state index in [2.05, 4.69) is 84.2 Å². The summed E-state index contributed by atoms with van der Waals surface area (Å²) in [6.45, 7) is 18.7. The molecule has 1 atom stereocenters. The summed E-state index contributed by atoms with van der Waals surface area (Å²) in [4.78, 5) is 0. The van der Waals surface area contributed by atoms with Crippen molar-refractivity contribution < 1.29 is 0 Å². The molecule has 1 heterocycles. The fraction of sp³-hybridized carbons (Fsp3) is 0.600. The van der Waals surface area contributed by atoms with Crippen molar-refractivity contribution >= 4 is 10.9 Å². The lowest BCUT2D eigenvalue weighted by molar-refractivity contribution is 0.172. The van der Waals surface area contributed by atoms with E-state index in [0.717, 1.165) is 0 Å². The molecule has 1 unspecified atom stereocenters. The monoisotopic (exact) mass is 285 g/mol. The van der Waals surface area contributed by atoms with Crippen molar-refractivity contribution in [3.63, 3.8) is 0 Å². The second-order valence-corrected chi connectivity index (χ2v) is 8.74. The van der Waals surface area contributed by atoms with Gasteiger partial charge in [-0.15, -0.1) is 0 Å². The predicted molar refractivity (Wildman–Crippen MR) is 94.0 cm³/mol. The average molecular weight is 285 g/mol. The lowest BCUT2D eigenvalue weighted by Crippen LogP contribution is -2.29. The molecule has 1 nitrogen and oxygen atoms in total. The lowest BCUT2D eigenvalue weighted by atomic mass is 9.76. The molecule has 0 N–H and O–H groups in total. The zero-order valence-electron chi connectivity index (χ0n) is 15.0. The third kappa shape index (κ3) is 3.17. The van der Waals surface area contributed by atoms with Crippen LogP contribution in [-0.4, -0.2) is 4.57 Å². The highest BCUT2D eigenvalue weighted by Gasteiger charge is 2.32. The Morgan fingerprint density at radius 3 is 2.05 bits per heavy atom. The van der Waals surface area contributed by atoms with Crippen LogP contribution in [0.5, 0.6) is 0 Å². The molecular weight excluding hydrogens is 254 g/mol. The van der Waals surface area contributed by atoms with E-state index >= 15 is 0 Å². The molecule has 0 bridgehead atoms. The Bertz CT molecular complexity index is 632. The molecule has 0 saturated heterocycles. The second-order valence-electron chi connectivity index (χ2n) is 8.74. The van der Waals surface area contributed by atoms with Crippen LogP contribution < -0.4 is 0 Å². The van der Waals surface area contributed by atoms with Gasteiger partial charge in [0.15, 0.2) is 0 Å². The minimum atomic E-state index is 0.242. The summed E-state index contributed by atoms with van der Waals surface area (Å²) >= 11 is 0. The standard InChI is InChI=1S/C20H31N/c1-14-15(2)21(17-12-10-9-11-16(14)17)18(20(6,7)8)13-19(3,4)5/h9-12,18H,13H2,1-8H3. The Morgan fingerprint density at radius 1 is 0.952 bits per heavy atom. The van der Waals surface area contributed by atoms with Gasteiger partial charge in [0.25, 0.3) is 0 Å². The first kappa shape index (κ1) is 16.1. The number of nitrogens with zero attached hydrogens (tertiary/aromatic N) is 1. The van der Waals surface area contributed by atoms with Crippen LogP contribution in [-0.2, 0) is 0 Å². The van der Waals surface area contributed by atoms with Crippen molar-refractivity contribution in [3.05, 3.63) is 35.5 Å². The van der Waals surface area contributed by atoms with Gasteiger partial charge in [0.05, 0.1) is 0 Å². The Hall–Kier alpha value is -1.24. The van der Waals surface area contributed by atoms with E-state index in [1.807, 2.05) is 0 Å². The summed E-state index contributed by atoms with van der Waals surface area (Å²) in [6, 6.07) is 9.35. The van der Waals surface area contributed by atoms with E-state index in [9.17, 15) is 0 Å². The van der Waals surface area contributed by atoms with Gasteiger partial charge in [-0.3, -0.25) is 0 Å². The summed E-state index contributed by atoms with van der Waals surface area (Å²) in [5, 5.41) is 1.40. The van der Waals surface area contributed by atoms with E-state index < -0.39 is 0 Å². The molecule has 116 valence electrons. The van der Waals surface area contributed by atoms with Crippen LogP contribution in [0, 0.1) is 24.7 Å². The van der Waals surface area contributed by atoms with Gasteiger partial charge < -0.3 is 4.57 Å². The molecule has 0 spiro atoms. The lowest BCUT2D eigenvalue weighted by Gasteiger charge is -2.38. The first-order valence-corrected chi connectivity index (χ1v) is 8.08. The quantitative estimate of drug-likeness (QED) is 0.611. The summed E-state index contributed by atoms with van der Waals surface area (Å²) < 4.78 is 2.59. The number of hydrogen-bond donors (Lipinski definition) is 0. The van der Waals surface area contributed by atoms with Gasteiger partial charge >= 0.3 is 0 Å².